The molecule has 1 fully saturated rings. The van der Waals surface area contributed by atoms with E-state index in [1.807, 2.05) is 0 Å². The molecule has 0 radical (unpaired) electrons. The second-order valence-corrected chi connectivity index (χ2v) is 4.79. The Bertz CT molecular complexity index is 158. The van der Waals surface area contributed by atoms with Crippen molar-refractivity contribution in [1.29, 1.82) is 0 Å². The van der Waals surface area contributed by atoms with E-state index in [0.29, 0.717) is 6.04 Å². The van der Waals surface area contributed by atoms with Crippen LogP contribution in [0.2, 0.25) is 0 Å². The number of nitrogens with zero attached hydrogens (tertiary/aromatic N) is 1. The van der Waals surface area contributed by atoms with Crippen LogP contribution in [0.25, 0.3) is 0 Å². The van der Waals surface area contributed by atoms with E-state index in [4.69, 9.17) is 4.74 Å². The standard InChI is InChI=1S/C12H26N2O/c1-4-11(2)9-14(3)7-5-12-10-15-8-6-13-12/h11-13H,4-10H2,1-3H3. The molecular weight excluding hydrogens is 188 g/mol. The van der Waals surface area contributed by atoms with Crippen molar-refractivity contribution in [2.24, 2.45) is 5.92 Å². The zero-order valence-corrected chi connectivity index (χ0v) is 10.5. The minimum Gasteiger partial charge on any atom is -0.379 e. The van der Waals surface area contributed by atoms with Crippen LogP contribution < -0.4 is 5.32 Å². The summed E-state index contributed by atoms with van der Waals surface area (Å²) in [5.41, 5.74) is 0. The van der Waals surface area contributed by atoms with Crippen LogP contribution in [0, 0.1) is 5.92 Å². The van der Waals surface area contributed by atoms with E-state index >= 15 is 0 Å². The number of morpholine rings is 1. The first-order valence-corrected chi connectivity index (χ1v) is 6.22. The first-order chi connectivity index (χ1) is 7.22. The lowest BCUT2D eigenvalue weighted by atomic mass is 10.1. The van der Waals surface area contributed by atoms with Crippen molar-refractivity contribution in [2.75, 3.05) is 39.9 Å². The molecule has 0 amide bonds. The Labute approximate surface area is 94.2 Å². The van der Waals surface area contributed by atoms with Gasteiger partial charge in [-0.15, -0.1) is 0 Å². The Morgan fingerprint density at radius 3 is 2.93 bits per heavy atom. The van der Waals surface area contributed by atoms with Crippen LogP contribution >= 0.6 is 0 Å². The highest BCUT2D eigenvalue weighted by atomic mass is 16.5. The molecule has 0 saturated carbocycles. The molecule has 0 aromatic carbocycles. The van der Waals surface area contributed by atoms with E-state index < -0.39 is 0 Å². The summed E-state index contributed by atoms with van der Waals surface area (Å²) in [6, 6.07) is 0.568. The zero-order valence-electron chi connectivity index (χ0n) is 10.5. The van der Waals surface area contributed by atoms with Crippen molar-refractivity contribution in [1.82, 2.24) is 10.2 Å². The molecule has 1 aliphatic rings. The van der Waals surface area contributed by atoms with Crippen molar-refractivity contribution in [2.45, 2.75) is 32.7 Å². The average Bonchev–Trinajstić information content (AvgIpc) is 2.27. The number of ether oxygens (including phenoxy) is 1. The molecule has 3 nitrogen and oxygen atoms in total. The highest BCUT2D eigenvalue weighted by molar-refractivity contribution is 4.71. The molecule has 1 rings (SSSR count). The topological polar surface area (TPSA) is 24.5 Å². The lowest BCUT2D eigenvalue weighted by molar-refractivity contribution is 0.0705. The number of hydrogen-bond acceptors (Lipinski definition) is 3. The predicted molar refractivity (Wildman–Crippen MR) is 64.2 cm³/mol. The summed E-state index contributed by atoms with van der Waals surface area (Å²) >= 11 is 0. The van der Waals surface area contributed by atoms with Crippen LogP contribution in [0.1, 0.15) is 26.7 Å². The SMILES string of the molecule is CCC(C)CN(C)CCC1COCCN1. The zero-order chi connectivity index (χ0) is 11.1. The second kappa shape index (κ2) is 7.20. The molecular formula is C12H26N2O. The van der Waals surface area contributed by atoms with Gasteiger partial charge in [0, 0.05) is 19.1 Å². The molecule has 0 aromatic rings. The van der Waals surface area contributed by atoms with Crippen LogP contribution in [0.15, 0.2) is 0 Å². The van der Waals surface area contributed by atoms with Crippen LogP contribution in [0.5, 0.6) is 0 Å². The van der Waals surface area contributed by atoms with Gasteiger partial charge in [0.25, 0.3) is 0 Å². The van der Waals surface area contributed by atoms with Gasteiger partial charge in [0.2, 0.25) is 0 Å². The highest BCUT2D eigenvalue weighted by Gasteiger charge is 2.13. The fraction of sp³-hybridized carbons (Fsp3) is 1.00. The Morgan fingerprint density at radius 2 is 2.33 bits per heavy atom. The molecule has 90 valence electrons. The fourth-order valence-electron chi connectivity index (χ4n) is 1.93. The first-order valence-electron chi connectivity index (χ1n) is 6.22. The Balaban J connectivity index is 2.07. The molecule has 1 saturated heterocycles. The van der Waals surface area contributed by atoms with Crippen LogP contribution in [-0.4, -0.2) is 50.8 Å². The second-order valence-electron chi connectivity index (χ2n) is 4.79. The van der Waals surface area contributed by atoms with Crippen molar-refractivity contribution in [3.05, 3.63) is 0 Å². The Morgan fingerprint density at radius 1 is 1.53 bits per heavy atom. The number of hydrogen-bond donors (Lipinski definition) is 1. The van der Waals surface area contributed by atoms with Gasteiger partial charge in [-0.3, -0.25) is 0 Å². The third-order valence-corrected chi connectivity index (χ3v) is 3.18. The summed E-state index contributed by atoms with van der Waals surface area (Å²) in [5, 5.41) is 3.49. The van der Waals surface area contributed by atoms with Crippen LogP contribution in [0.3, 0.4) is 0 Å². The van der Waals surface area contributed by atoms with Crippen LogP contribution in [-0.2, 0) is 4.74 Å². The van der Waals surface area contributed by atoms with E-state index in [1.54, 1.807) is 0 Å². The first kappa shape index (κ1) is 12.9. The molecule has 0 bridgehead atoms. The lowest BCUT2D eigenvalue weighted by Gasteiger charge is -2.27. The smallest absolute Gasteiger partial charge is 0.0620 e. The maximum atomic E-state index is 5.44. The van der Waals surface area contributed by atoms with E-state index in [2.05, 4.69) is 31.1 Å². The predicted octanol–water partition coefficient (Wildman–Crippen LogP) is 1.34. The van der Waals surface area contributed by atoms with Gasteiger partial charge in [-0.05, 0) is 25.9 Å². The highest BCUT2D eigenvalue weighted by Crippen LogP contribution is 2.05. The fourth-order valence-corrected chi connectivity index (χ4v) is 1.93. The van der Waals surface area contributed by atoms with Gasteiger partial charge < -0.3 is 15.0 Å². The molecule has 2 unspecified atom stereocenters. The van der Waals surface area contributed by atoms with E-state index in [-0.39, 0.29) is 0 Å². The quantitative estimate of drug-likeness (QED) is 0.722. The molecule has 15 heavy (non-hydrogen) atoms. The van der Waals surface area contributed by atoms with Crippen LogP contribution in [0.4, 0.5) is 0 Å². The minimum absolute atomic E-state index is 0.568. The molecule has 2 atom stereocenters. The molecule has 0 aromatic heterocycles. The summed E-state index contributed by atoms with van der Waals surface area (Å²) in [4.78, 5) is 2.43. The van der Waals surface area contributed by atoms with Crippen molar-refractivity contribution in [3.63, 3.8) is 0 Å². The van der Waals surface area contributed by atoms with Gasteiger partial charge in [0.05, 0.1) is 13.2 Å². The summed E-state index contributed by atoms with van der Waals surface area (Å²) < 4.78 is 5.44. The number of rotatable bonds is 6. The molecule has 1 heterocycles. The van der Waals surface area contributed by atoms with Gasteiger partial charge in [-0.2, -0.15) is 0 Å². The maximum Gasteiger partial charge on any atom is 0.0620 e. The summed E-state index contributed by atoms with van der Waals surface area (Å²) in [5.74, 6) is 0.811. The molecule has 1 aliphatic heterocycles. The average molecular weight is 214 g/mol. The van der Waals surface area contributed by atoms with Gasteiger partial charge in [-0.25, -0.2) is 0 Å². The van der Waals surface area contributed by atoms with Gasteiger partial charge in [-0.1, -0.05) is 20.3 Å². The van der Waals surface area contributed by atoms with Gasteiger partial charge in [0.1, 0.15) is 0 Å². The molecule has 1 N–H and O–H groups in total. The van der Waals surface area contributed by atoms with Crippen molar-refractivity contribution < 1.29 is 4.74 Å². The minimum atomic E-state index is 0.568. The molecule has 3 heteroatoms. The van der Waals surface area contributed by atoms with Gasteiger partial charge >= 0.3 is 0 Å². The summed E-state index contributed by atoms with van der Waals surface area (Å²) in [7, 11) is 2.22. The normalized spacial score (nSPS) is 24.4. The summed E-state index contributed by atoms with van der Waals surface area (Å²) in [6.45, 7) is 9.74. The van der Waals surface area contributed by atoms with Gasteiger partial charge in [0.15, 0.2) is 0 Å². The Kier molecular flexibility index (Phi) is 6.22. The summed E-state index contributed by atoms with van der Waals surface area (Å²) in [6.07, 6.45) is 2.47. The van der Waals surface area contributed by atoms with E-state index in [0.717, 1.165) is 25.7 Å². The van der Waals surface area contributed by atoms with E-state index in [9.17, 15) is 0 Å². The Hall–Kier alpha value is -0.120. The third-order valence-electron chi connectivity index (χ3n) is 3.18. The van der Waals surface area contributed by atoms with E-state index in [1.165, 1.54) is 25.9 Å². The van der Waals surface area contributed by atoms with Crippen molar-refractivity contribution >= 4 is 0 Å². The monoisotopic (exact) mass is 214 g/mol. The molecule has 0 spiro atoms. The maximum absolute atomic E-state index is 5.44. The molecule has 0 aliphatic carbocycles. The van der Waals surface area contributed by atoms with Crippen molar-refractivity contribution in [3.8, 4) is 0 Å². The number of nitrogens with one attached hydrogen (secondary N) is 1. The third kappa shape index (κ3) is 5.50. The lowest BCUT2D eigenvalue weighted by Crippen LogP contribution is -2.43. The largest absolute Gasteiger partial charge is 0.379 e.